The third kappa shape index (κ3) is 2.70. The summed E-state index contributed by atoms with van der Waals surface area (Å²) in [6.07, 6.45) is 6.51. The highest BCUT2D eigenvalue weighted by Crippen LogP contribution is 2.48. The van der Waals surface area contributed by atoms with Crippen LogP contribution in [0.4, 0.5) is 0 Å². The van der Waals surface area contributed by atoms with Gasteiger partial charge in [0.1, 0.15) is 5.75 Å². The molecule has 3 heteroatoms. The van der Waals surface area contributed by atoms with Gasteiger partial charge in [-0.25, -0.2) is 0 Å². The number of rotatable bonds is 5. The number of hydrogen-bond donors (Lipinski definition) is 1. The molecule has 0 aromatic heterocycles. The van der Waals surface area contributed by atoms with E-state index in [9.17, 15) is 0 Å². The highest BCUT2D eigenvalue weighted by molar-refractivity contribution is 5.42. The topological polar surface area (TPSA) is 38.5 Å². The summed E-state index contributed by atoms with van der Waals surface area (Å²) in [6.45, 7) is 4.21. The Labute approximate surface area is 122 Å². The van der Waals surface area contributed by atoms with Crippen LogP contribution in [0, 0.1) is 0 Å². The van der Waals surface area contributed by atoms with Crippen molar-refractivity contribution in [2.24, 2.45) is 5.73 Å². The molecule has 0 unspecified atom stereocenters. The molecule has 0 radical (unpaired) electrons. The molecule has 2 aliphatic rings. The lowest BCUT2D eigenvalue weighted by atomic mass is 9.94. The van der Waals surface area contributed by atoms with Gasteiger partial charge in [-0.05, 0) is 50.4 Å². The molecule has 3 rings (SSSR count). The van der Waals surface area contributed by atoms with Crippen LogP contribution in [0.3, 0.4) is 0 Å². The van der Waals surface area contributed by atoms with E-state index in [0.717, 1.165) is 18.8 Å². The maximum Gasteiger partial charge on any atom is 0.123 e. The van der Waals surface area contributed by atoms with Crippen LogP contribution >= 0.6 is 0 Å². The van der Waals surface area contributed by atoms with Gasteiger partial charge in [-0.3, -0.25) is 4.90 Å². The Bertz CT molecular complexity index is 462. The Morgan fingerprint density at radius 3 is 2.55 bits per heavy atom. The SMILES string of the molecule is COc1ccc(C2(CN)CC2)cc1CN1CCCCC1. The van der Waals surface area contributed by atoms with E-state index in [1.165, 1.54) is 56.3 Å². The molecule has 2 N–H and O–H groups in total. The molecule has 1 aliphatic carbocycles. The average Bonchev–Trinajstić information content (AvgIpc) is 3.29. The van der Waals surface area contributed by atoms with Crippen molar-refractivity contribution >= 4 is 0 Å². The Balaban J connectivity index is 1.81. The summed E-state index contributed by atoms with van der Waals surface area (Å²) in [5, 5.41) is 0. The lowest BCUT2D eigenvalue weighted by Gasteiger charge is -2.27. The van der Waals surface area contributed by atoms with Crippen LogP contribution in [0.15, 0.2) is 18.2 Å². The third-order valence-corrected chi connectivity index (χ3v) is 4.98. The van der Waals surface area contributed by atoms with E-state index in [-0.39, 0.29) is 5.41 Å². The van der Waals surface area contributed by atoms with E-state index in [0.29, 0.717) is 0 Å². The van der Waals surface area contributed by atoms with Crippen LogP contribution in [-0.4, -0.2) is 31.6 Å². The van der Waals surface area contributed by atoms with Crippen molar-refractivity contribution in [3.05, 3.63) is 29.3 Å². The minimum atomic E-state index is 0.267. The normalized spacial score (nSPS) is 21.7. The van der Waals surface area contributed by atoms with E-state index < -0.39 is 0 Å². The minimum Gasteiger partial charge on any atom is -0.496 e. The van der Waals surface area contributed by atoms with Crippen molar-refractivity contribution in [1.29, 1.82) is 0 Å². The second kappa shape index (κ2) is 5.74. The van der Waals surface area contributed by atoms with Gasteiger partial charge < -0.3 is 10.5 Å². The summed E-state index contributed by atoms with van der Waals surface area (Å²) < 4.78 is 5.55. The number of nitrogens with two attached hydrogens (primary N) is 1. The first-order valence-electron chi connectivity index (χ1n) is 7.87. The molecule has 1 heterocycles. The van der Waals surface area contributed by atoms with Crippen molar-refractivity contribution in [2.75, 3.05) is 26.7 Å². The summed E-state index contributed by atoms with van der Waals surface area (Å²) in [5.74, 6) is 1.02. The number of likely N-dealkylation sites (tertiary alicyclic amines) is 1. The molecule has 1 aromatic rings. The molecular formula is C17H26N2O. The van der Waals surface area contributed by atoms with E-state index in [1.54, 1.807) is 7.11 Å². The minimum absolute atomic E-state index is 0.267. The van der Waals surface area contributed by atoms with E-state index in [4.69, 9.17) is 10.5 Å². The number of ether oxygens (including phenoxy) is 1. The van der Waals surface area contributed by atoms with Crippen LogP contribution in [0.2, 0.25) is 0 Å². The molecule has 110 valence electrons. The first kappa shape index (κ1) is 13.9. The predicted octanol–water partition coefficient (Wildman–Crippen LogP) is 2.67. The van der Waals surface area contributed by atoms with Gasteiger partial charge in [-0.2, -0.15) is 0 Å². The number of piperidine rings is 1. The molecule has 20 heavy (non-hydrogen) atoms. The van der Waals surface area contributed by atoms with Gasteiger partial charge in [0, 0.05) is 24.1 Å². The lowest BCUT2D eigenvalue weighted by molar-refractivity contribution is 0.218. The summed E-state index contributed by atoms with van der Waals surface area (Å²) in [4.78, 5) is 2.55. The zero-order valence-electron chi connectivity index (χ0n) is 12.5. The molecule has 1 aliphatic heterocycles. The van der Waals surface area contributed by atoms with E-state index in [2.05, 4.69) is 23.1 Å². The van der Waals surface area contributed by atoms with Crippen LogP contribution in [0.1, 0.15) is 43.2 Å². The molecule has 1 saturated carbocycles. The van der Waals surface area contributed by atoms with Gasteiger partial charge in [0.2, 0.25) is 0 Å². The molecule has 0 atom stereocenters. The zero-order chi connectivity index (χ0) is 14.0. The zero-order valence-corrected chi connectivity index (χ0v) is 12.5. The van der Waals surface area contributed by atoms with Crippen LogP contribution in [0.25, 0.3) is 0 Å². The second-order valence-corrected chi connectivity index (χ2v) is 6.35. The average molecular weight is 274 g/mol. The van der Waals surface area contributed by atoms with Gasteiger partial charge in [-0.1, -0.05) is 18.6 Å². The fourth-order valence-electron chi connectivity index (χ4n) is 3.35. The first-order valence-corrected chi connectivity index (χ1v) is 7.87. The number of nitrogens with zero attached hydrogens (tertiary/aromatic N) is 1. The predicted molar refractivity (Wildman–Crippen MR) is 82.1 cm³/mol. The fourth-order valence-corrected chi connectivity index (χ4v) is 3.35. The highest BCUT2D eigenvalue weighted by atomic mass is 16.5. The second-order valence-electron chi connectivity index (χ2n) is 6.35. The Morgan fingerprint density at radius 2 is 1.95 bits per heavy atom. The highest BCUT2D eigenvalue weighted by Gasteiger charge is 2.43. The smallest absolute Gasteiger partial charge is 0.123 e. The van der Waals surface area contributed by atoms with Crippen molar-refractivity contribution in [2.45, 2.75) is 44.1 Å². The van der Waals surface area contributed by atoms with Crippen molar-refractivity contribution in [3.63, 3.8) is 0 Å². The largest absolute Gasteiger partial charge is 0.496 e. The molecule has 0 amide bonds. The number of methoxy groups -OCH3 is 1. The summed E-state index contributed by atoms with van der Waals surface area (Å²) >= 11 is 0. The molecule has 0 bridgehead atoms. The number of benzene rings is 1. The lowest BCUT2D eigenvalue weighted by Crippen LogP contribution is -2.29. The van der Waals surface area contributed by atoms with Crippen LogP contribution in [0.5, 0.6) is 5.75 Å². The molecule has 3 nitrogen and oxygen atoms in total. The number of hydrogen-bond acceptors (Lipinski definition) is 3. The van der Waals surface area contributed by atoms with Crippen LogP contribution in [-0.2, 0) is 12.0 Å². The monoisotopic (exact) mass is 274 g/mol. The summed E-state index contributed by atoms with van der Waals surface area (Å²) in [7, 11) is 1.77. The Morgan fingerprint density at radius 1 is 1.20 bits per heavy atom. The standard InChI is InChI=1S/C17H26N2O/c1-20-16-6-5-15(17(13-18)7-8-17)11-14(16)12-19-9-3-2-4-10-19/h5-6,11H,2-4,7-10,12-13,18H2,1H3. The quantitative estimate of drug-likeness (QED) is 0.897. The summed E-state index contributed by atoms with van der Waals surface area (Å²) in [5.41, 5.74) is 8.97. The van der Waals surface area contributed by atoms with Crippen molar-refractivity contribution in [1.82, 2.24) is 4.90 Å². The molecule has 2 fully saturated rings. The first-order chi connectivity index (χ1) is 9.77. The molecule has 1 aromatic carbocycles. The maximum absolute atomic E-state index is 5.96. The maximum atomic E-state index is 5.96. The van der Waals surface area contributed by atoms with Gasteiger partial charge in [0.05, 0.1) is 7.11 Å². The third-order valence-electron chi connectivity index (χ3n) is 4.98. The van der Waals surface area contributed by atoms with Gasteiger partial charge in [0.25, 0.3) is 0 Å². The van der Waals surface area contributed by atoms with Crippen molar-refractivity contribution in [3.8, 4) is 5.75 Å². The van der Waals surface area contributed by atoms with Crippen LogP contribution < -0.4 is 10.5 Å². The summed E-state index contributed by atoms with van der Waals surface area (Å²) in [6, 6.07) is 6.68. The Hall–Kier alpha value is -1.06. The van der Waals surface area contributed by atoms with Gasteiger partial charge in [-0.15, -0.1) is 0 Å². The molecule has 1 saturated heterocycles. The molecular weight excluding hydrogens is 248 g/mol. The molecule has 0 spiro atoms. The van der Waals surface area contributed by atoms with E-state index in [1.807, 2.05) is 0 Å². The van der Waals surface area contributed by atoms with Crippen molar-refractivity contribution < 1.29 is 4.74 Å². The van der Waals surface area contributed by atoms with Gasteiger partial charge >= 0.3 is 0 Å². The van der Waals surface area contributed by atoms with Gasteiger partial charge in [0.15, 0.2) is 0 Å². The fraction of sp³-hybridized carbons (Fsp3) is 0.647. The Kier molecular flexibility index (Phi) is 3.99. The van der Waals surface area contributed by atoms with E-state index >= 15 is 0 Å².